The first-order valence-corrected chi connectivity index (χ1v) is 7.22. The van der Waals surface area contributed by atoms with Gasteiger partial charge in [0, 0.05) is 0 Å². The van der Waals surface area contributed by atoms with Gasteiger partial charge in [0.05, 0.1) is 19.2 Å². The minimum Gasteiger partial charge on any atom is -0.496 e. The molecule has 0 saturated heterocycles. The quantitative estimate of drug-likeness (QED) is 0.743. The monoisotopic (exact) mass is 288 g/mol. The van der Waals surface area contributed by atoms with Gasteiger partial charge < -0.3 is 9.47 Å². The molecule has 0 aliphatic carbocycles. The zero-order chi connectivity index (χ0) is 13.7. The Bertz CT molecular complexity index is 434. The first kappa shape index (κ1) is 15.3. The van der Waals surface area contributed by atoms with Crippen molar-refractivity contribution in [3.63, 3.8) is 0 Å². The van der Waals surface area contributed by atoms with Crippen LogP contribution in [-0.2, 0) is 0 Å². The average molecular weight is 289 g/mol. The molecule has 1 rings (SSSR count). The minimum atomic E-state index is 0.0283. The lowest BCUT2D eigenvalue weighted by Gasteiger charge is -2.15. The summed E-state index contributed by atoms with van der Waals surface area (Å²) < 4.78 is 10.5. The normalized spacial score (nSPS) is 12.7. The van der Waals surface area contributed by atoms with Gasteiger partial charge in [-0.05, 0) is 32.8 Å². The Hall–Kier alpha value is -0.790. The van der Waals surface area contributed by atoms with Crippen molar-refractivity contribution in [2.75, 3.05) is 14.2 Å². The largest absolute Gasteiger partial charge is 0.496 e. The Morgan fingerprint density at radius 2 is 2.06 bits per heavy atom. The van der Waals surface area contributed by atoms with E-state index in [2.05, 4.69) is 13.8 Å². The highest BCUT2D eigenvalue weighted by atomic mass is 35.5. The highest BCUT2D eigenvalue weighted by Gasteiger charge is 2.22. The van der Waals surface area contributed by atoms with Crippen LogP contribution in [0.1, 0.15) is 30.6 Å². The number of ether oxygens (including phenoxy) is 2. The first-order chi connectivity index (χ1) is 8.54. The molecule has 5 heteroatoms. The van der Waals surface area contributed by atoms with Gasteiger partial charge in [0.15, 0.2) is 11.3 Å². The summed E-state index contributed by atoms with van der Waals surface area (Å²) in [6, 6.07) is 3.36. The molecule has 0 saturated carbocycles. The van der Waals surface area contributed by atoms with Crippen molar-refractivity contribution in [3.05, 3.63) is 22.7 Å². The molecule has 18 heavy (non-hydrogen) atoms. The first-order valence-electron chi connectivity index (χ1n) is 5.76. The Balaban J connectivity index is 3.19. The summed E-state index contributed by atoms with van der Waals surface area (Å²) in [7, 11) is 3.23. The SMILES string of the molecule is CCC(C)PC(=O)c1c(OC)ccc(Cl)c1OC. The highest BCUT2D eigenvalue weighted by Crippen LogP contribution is 2.40. The average Bonchev–Trinajstić information content (AvgIpc) is 2.37. The summed E-state index contributed by atoms with van der Waals surface area (Å²) in [6.07, 6.45) is 0.968. The number of carbonyl (C=O) groups excluding carboxylic acids is 1. The van der Waals surface area contributed by atoms with Crippen molar-refractivity contribution in [1.29, 1.82) is 0 Å². The number of benzene rings is 1. The van der Waals surface area contributed by atoms with Crippen LogP contribution in [0, 0.1) is 0 Å². The smallest absolute Gasteiger partial charge is 0.188 e. The van der Waals surface area contributed by atoms with Crippen LogP contribution in [0.4, 0.5) is 0 Å². The summed E-state index contributed by atoms with van der Waals surface area (Å²) in [5.41, 5.74) is 0.831. The van der Waals surface area contributed by atoms with E-state index < -0.39 is 0 Å². The molecule has 0 amide bonds. The molecule has 0 bridgehead atoms. The molecule has 0 N–H and O–H groups in total. The molecule has 0 aliphatic rings. The van der Waals surface area contributed by atoms with E-state index in [4.69, 9.17) is 21.1 Å². The van der Waals surface area contributed by atoms with Crippen LogP contribution in [0.5, 0.6) is 11.5 Å². The summed E-state index contributed by atoms with van der Waals surface area (Å²) in [6.45, 7) is 4.12. The third kappa shape index (κ3) is 3.37. The molecule has 1 aromatic rings. The fourth-order valence-electron chi connectivity index (χ4n) is 1.52. The molecule has 2 atom stereocenters. The van der Waals surface area contributed by atoms with E-state index in [0.29, 0.717) is 27.7 Å². The number of halogens is 1. The third-order valence-electron chi connectivity index (χ3n) is 2.71. The van der Waals surface area contributed by atoms with Gasteiger partial charge >= 0.3 is 0 Å². The van der Waals surface area contributed by atoms with Crippen LogP contribution >= 0.6 is 20.2 Å². The molecule has 3 nitrogen and oxygen atoms in total. The van der Waals surface area contributed by atoms with Crippen LogP contribution in [-0.4, -0.2) is 25.4 Å². The second kappa shape index (κ2) is 6.96. The molecule has 0 radical (unpaired) electrons. The number of methoxy groups -OCH3 is 2. The van der Waals surface area contributed by atoms with E-state index in [1.807, 2.05) is 0 Å². The maximum Gasteiger partial charge on any atom is 0.188 e. The fraction of sp³-hybridized carbons (Fsp3) is 0.462. The summed E-state index contributed by atoms with van der Waals surface area (Å²) in [4.78, 5) is 12.3. The number of hydrogen-bond acceptors (Lipinski definition) is 3. The van der Waals surface area contributed by atoms with Crippen LogP contribution in [0.15, 0.2) is 12.1 Å². The van der Waals surface area contributed by atoms with Gasteiger partial charge in [-0.25, -0.2) is 0 Å². The van der Waals surface area contributed by atoms with E-state index in [9.17, 15) is 4.79 Å². The molecule has 0 aliphatic heterocycles. The predicted octanol–water partition coefficient (Wildman–Crippen LogP) is 3.97. The van der Waals surface area contributed by atoms with Gasteiger partial charge in [-0.2, -0.15) is 0 Å². The van der Waals surface area contributed by atoms with E-state index in [1.165, 1.54) is 14.2 Å². The predicted molar refractivity (Wildman–Crippen MR) is 77.0 cm³/mol. The molecule has 0 heterocycles. The van der Waals surface area contributed by atoms with Crippen molar-refractivity contribution in [2.45, 2.75) is 25.9 Å². The maximum atomic E-state index is 12.3. The molecule has 1 aromatic carbocycles. The van der Waals surface area contributed by atoms with Gasteiger partial charge in [0.25, 0.3) is 0 Å². The lowest BCUT2D eigenvalue weighted by Crippen LogP contribution is -2.04. The Kier molecular flexibility index (Phi) is 5.90. The molecule has 0 aromatic heterocycles. The van der Waals surface area contributed by atoms with Crippen molar-refractivity contribution < 1.29 is 14.3 Å². The van der Waals surface area contributed by atoms with Crippen LogP contribution in [0.3, 0.4) is 0 Å². The number of carbonyl (C=O) groups is 1. The van der Waals surface area contributed by atoms with E-state index >= 15 is 0 Å². The van der Waals surface area contributed by atoms with Crippen LogP contribution in [0.2, 0.25) is 5.02 Å². The topological polar surface area (TPSA) is 35.5 Å². The van der Waals surface area contributed by atoms with Crippen molar-refractivity contribution in [1.82, 2.24) is 0 Å². The van der Waals surface area contributed by atoms with E-state index in [-0.39, 0.29) is 14.1 Å². The maximum absolute atomic E-state index is 12.3. The second-order valence-corrected chi connectivity index (χ2v) is 6.08. The highest BCUT2D eigenvalue weighted by molar-refractivity contribution is 7.59. The van der Waals surface area contributed by atoms with Crippen LogP contribution < -0.4 is 9.47 Å². The zero-order valence-corrected chi connectivity index (χ0v) is 12.8. The Labute approximate surface area is 115 Å². The summed E-state index contributed by atoms with van der Waals surface area (Å²) in [5.74, 6) is 0.911. The summed E-state index contributed by atoms with van der Waals surface area (Å²) in [5, 5.41) is 0.426. The van der Waals surface area contributed by atoms with Gasteiger partial charge in [-0.3, -0.25) is 4.79 Å². The lowest BCUT2D eigenvalue weighted by molar-refractivity contribution is 0.107. The number of hydrogen-bond donors (Lipinski definition) is 0. The molecule has 2 unspecified atom stereocenters. The zero-order valence-electron chi connectivity index (χ0n) is 11.0. The van der Waals surface area contributed by atoms with E-state index in [0.717, 1.165) is 6.42 Å². The standard InChI is InChI=1S/C13H18ClO3P/c1-5-8(2)18-13(15)11-10(16-3)7-6-9(14)12(11)17-4/h6-8,18H,5H2,1-4H3. The van der Waals surface area contributed by atoms with Gasteiger partial charge in [-0.1, -0.05) is 25.4 Å². The molecule has 100 valence electrons. The number of rotatable bonds is 6. The van der Waals surface area contributed by atoms with Crippen molar-refractivity contribution in [3.8, 4) is 11.5 Å². The fourth-order valence-corrected chi connectivity index (χ4v) is 2.79. The van der Waals surface area contributed by atoms with Crippen LogP contribution in [0.25, 0.3) is 0 Å². The molecular weight excluding hydrogens is 271 g/mol. The van der Waals surface area contributed by atoms with Gasteiger partial charge in [-0.15, -0.1) is 0 Å². The van der Waals surface area contributed by atoms with Gasteiger partial charge in [0.2, 0.25) is 0 Å². The van der Waals surface area contributed by atoms with Crippen molar-refractivity contribution in [2.24, 2.45) is 0 Å². The molecular formula is C13H18ClO3P. The molecule has 0 spiro atoms. The lowest BCUT2D eigenvalue weighted by atomic mass is 10.2. The van der Waals surface area contributed by atoms with Gasteiger partial charge in [0.1, 0.15) is 11.3 Å². The Morgan fingerprint density at radius 1 is 1.39 bits per heavy atom. The third-order valence-corrected chi connectivity index (χ3v) is 4.42. The minimum absolute atomic E-state index is 0.0283. The second-order valence-electron chi connectivity index (χ2n) is 3.94. The Morgan fingerprint density at radius 3 is 2.56 bits per heavy atom. The van der Waals surface area contributed by atoms with Crippen molar-refractivity contribution >= 4 is 25.7 Å². The van der Waals surface area contributed by atoms with E-state index in [1.54, 1.807) is 12.1 Å². The summed E-state index contributed by atoms with van der Waals surface area (Å²) >= 11 is 6.04. The molecule has 0 fully saturated rings.